The van der Waals surface area contributed by atoms with Crippen LogP contribution in [0.25, 0.3) is 0 Å². The molecule has 0 atom stereocenters. The van der Waals surface area contributed by atoms with Crippen LogP contribution in [-0.4, -0.2) is 24.4 Å². The van der Waals surface area contributed by atoms with E-state index in [2.05, 4.69) is 0 Å². The van der Waals surface area contributed by atoms with Crippen molar-refractivity contribution in [2.45, 2.75) is 20.5 Å². The molecule has 0 bridgehead atoms. The van der Waals surface area contributed by atoms with E-state index in [1.165, 1.54) is 18.2 Å². The summed E-state index contributed by atoms with van der Waals surface area (Å²) >= 11 is 0. The molecule has 1 aliphatic rings. The first-order valence-electron chi connectivity index (χ1n) is 9.96. The molecule has 3 aromatic rings. The Balaban J connectivity index is 1.52. The Morgan fingerprint density at radius 2 is 1.65 bits per heavy atom. The fourth-order valence-electron chi connectivity index (χ4n) is 3.49. The minimum atomic E-state index is -0.552. The summed E-state index contributed by atoms with van der Waals surface area (Å²) in [6.07, 6.45) is 0. The van der Waals surface area contributed by atoms with Crippen LogP contribution >= 0.6 is 0 Å². The number of amides is 2. The number of benzene rings is 3. The first-order chi connectivity index (χ1) is 15.0. The summed E-state index contributed by atoms with van der Waals surface area (Å²) in [5.41, 5.74) is 3.06. The van der Waals surface area contributed by atoms with Gasteiger partial charge in [0, 0.05) is 0 Å². The van der Waals surface area contributed by atoms with E-state index in [-0.39, 0.29) is 23.3 Å². The Bertz CT molecular complexity index is 1170. The van der Waals surface area contributed by atoms with Gasteiger partial charge < -0.3 is 9.47 Å². The summed E-state index contributed by atoms with van der Waals surface area (Å²) in [6, 6.07) is 18.8. The standard InChI is InChI=1S/C25H21NO5/c1-3-30-20-10-8-19(9-11-20)26-23(27)21-12-7-18(14-22(21)24(26)28)25(29)31-15-17-6-4-5-16(2)13-17/h4-14H,3,15H2,1-2H3. The van der Waals surface area contributed by atoms with Crippen LogP contribution in [0.15, 0.2) is 66.7 Å². The van der Waals surface area contributed by atoms with E-state index in [0.29, 0.717) is 18.0 Å². The number of fused-ring (bicyclic) bond motifs is 1. The predicted octanol–water partition coefficient (Wildman–Crippen LogP) is 4.55. The molecule has 2 amide bonds. The Kier molecular flexibility index (Phi) is 5.54. The van der Waals surface area contributed by atoms with E-state index in [1.54, 1.807) is 24.3 Å². The second-order valence-electron chi connectivity index (χ2n) is 7.20. The van der Waals surface area contributed by atoms with E-state index < -0.39 is 17.8 Å². The number of anilines is 1. The van der Waals surface area contributed by atoms with Gasteiger partial charge in [-0.25, -0.2) is 9.69 Å². The molecular formula is C25H21NO5. The summed E-state index contributed by atoms with van der Waals surface area (Å²) in [5.74, 6) is -0.799. The Morgan fingerprint density at radius 3 is 2.35 bits per heavy atom. The predicted molar refractivity (Wildman–Crippen MR) is 115 cm³/mol. The van der Waals surface area contributed by atoms with Gasteiger partial charge in [0.15, 0.2) is 0 Å². The molecule has 0 saturated heterocycles. The second kappa shape index (κ2) is 8.44. The largest absolute Gasteiger partial charge is 0.494 e. The highest BCUT2D eigenvalue weighted by Gasteiger charge is 2.37. The number of nitrogens with zero attached hydrogens (tertiary/aromatic N) is 1. The molecule has 156 valence electrons. The minimum Gasteiger partial charge on any atom is -0.494 e. The van der Waals surface area contributed by atoms with Crippen LogP contribution in [0.5, 0.6) is 5.75 Å². The van der Waals surface area contributed by atoms with E-state index >= 15 is 0 Å². The average Bonchev–Trinajstić information content (AvgIpc) is 3.02. The number of imide groups is 1. The number of aryl methyl sites for hydroxylation is 1. The number of esters is 1. The van der Waals surface area contributed by atoms with Gasteiger partial charge in [0.2, 0.25) is 0 Å². The van der Waals surface area contributed by atoms with Crippen molar-refractivity contribution < 1.29 is 23.9 Å². The molecular weight excluding hydrogens is 394 g/mol. The van der Waals surface area contributed by atoms with Crippen LogP contribution in [0, 0.1) is 6.92 Å². The van der Waals surface area contributed by atoms with Gasteiger partial charge in [0.05, 0.1) is 29.0 Å². The fourth-order valence-corrected chi connectivity index (χ4v) is 3.49. The number of ether oxygens (including phenoxy) is 2. The van der Waals surface area contributed by atoms with Gasteiger partial charge in [-0.3, -0.25) is 9.59 Å². The maximum absolute atomic E-state index is 12.9. The van der Waals surface area contributed by atoms with Gasteiger partial charge in [-0.2, -0.15) is 0 Å². The first kappa shape index (κ1) is 20.3. The second-order valence-corrected chi connectivity index (χ2v) is 7.20. The zero-order valence-electron chi connectivity index (χ0n) is 17.3. The van der Waals surface area contributed by atoms with E-state index in [9.17, 15) is 14.4 Å². The van der Waals surface area contributed by atoms with Gasteiger partial charge in [-0.05, 0) is 61.9 Å². The average molecular weight is 415 g/mol. The molecule has 0 saturated carbocycles. The van der Waals surface area contributed by atoms with Crippen LogP contribution in [-0.2, 0) is 11.3 Å². The molecule has 0 N–H and O–H groups in total. The zero-order valence-corrected chi connectivity index (χ0v) is 17.3. The fraction of sp³-hybridized carbons (Fsp3) is 0.160. The molecule has 1 heterocycles. The van der Waals surface area contributed by atoms with Crippen molar-refractivity contribution >= 4 is 23.5 Å². The van der Waals surface area contributed by atoms with Gasteiger partial charge in [0.1, 0.15) is 12.4 Å². The highest BCUT2D eigenvalue weighted by molar-refractivity contribution is 6.34. The minimum absolute atomic E-state index is 0.128. The summed E-state index contributed by atoms with van der Waals surface area (Å²) in [5, 5.41) is 0. The maximum atomic E-state index is 12.9. The molecule has 0 unspecified atom stereocenters. The van der Waals surface area contributed by atoms with Crippen molar-refractivity contribution in [3.05, 3.63) is 94.5 Å². The van der Waals surface area contributed by atoms with Gasteiger partial charge in [0.25, 0.3) is 11.8 Å². The molecule has 0 aliphatic carbocycles. The number of carbonyl (C=O) groups is 3. The van der Waals surface area contributed by atoms with Crippen molar-refractivity contribution in [2.24, 2.45) is 0 Å². The zero-order chi connectivity index (χ0) is 22.0. The smallest absolute Gasteiger partial charge is 0.338 e. The summed E-state index contributed by atoms with van der Waals surface area (Å²) in [7, 11) is 0. The molecule has 0 spiro atoms. The number of hydrogen-bond acceptors (Lipinski definition) is 5. The van der Waals surface area contributed by atoms with E-state index in [1.807, 2.05) is 38.1 Å². The summed E-state index contributed by atoms with van der Waals surface area (Å²) in [6.45, 7) is 4.49. The van der Waals surface area contributed by atoms with Crippen LogP contribution < -0.4 is 9.64 Å². The van der Waals surface area contributed by atoms with Crippen LogP contribution in [0.4, 0.5) is 5.69 Å². The number of rotatable bonds is 6. The molecule has 3 aromatic carbocycles. The van der Waals surface area contributed by atoms with Crippen molar-refractivity contribution in [1.82, 2.24) is 0 Å². The van der Waals surface area contributed by atoms with Crippen LogP contribution in [0.3, 0.4) is 0 Å². The number of hydrogen-bond donors (Lipinski definition) is 0. The number of carbonyl (C=O) groups excluding carboxylic acids is 3. The molecule has 0 aromatic heterocycles. The lowest BCUT2D eigenvalue weighted by Gasteiger charge is -2.14. The van der Waals surface area contributed by atoms with Gasteiger partial charge in [-0.15, -0.1) is 0 Å². The summed E-state index contributed by atoms with van der Waals surface area (Å²) < 4.78 is 10.8. The van der Waals surface area contributed by atoms with Crippen molar-refractivity contribution in [3.8, 4) is 5.75 Å². The molecule has 6 heteroatoms. The van der Waals surface area contributed by atoms with Crippen molar-refractivity contribution in [2.75, 3.05) is 11.5 Å². The van der Waals surface area contributed by atoms with Crippen molar-refractivity contribution in [3.63, 3.8) is 0 Å². The quantitative estimate of drug-likeness (QED) is 0.436. The topological polar surface area (TPSA) is 72.9 Å². The Morgan fingerprint density at radius 1 is 0.903 bits per heavy atom. The van der Waals surface area contributed by atoms with Gasteiger partial charge in [-0.1, -0.05) is 29.8 Å². The highest BCUT2D eigenvalue weighted by atomic mass is 16.5. The molecule has 31 heavy (non-hydrogen) atoms. The van der Waals surface area contributed by atoms with Crippen LogP contribution in [0.2, 0.25) is 0 Å². The Labute approximate surface area is 180 Å². The normalized spacial score (nSPS) is 12.6. The van der Waals surface area contributed by atoms with E-state index in [0.717, 1.165) is 16.0 Å². The first-order valence-corrected chi connectivity index (χ1v) is 9.96. The summed E-state index contributed by atoms with van der Waals surface area (Å²) in [4.78, 5) is 39.3. The molecule has 0 radical (unpaired) electrons. The third kappa shape index (κ3) is 4.05. The lowest BCUT2D eigenvalue weighted by atomic mass is 10.1. The van der Waals surface area contributed by atoms with Crippen LogP contribution in [0.1, 0.15) is 49.1 Å². The van der Waals surface area contributed by atoms with E-state index in [4.69, 9.17) is 9.47 Å². The SMILES string of the molecule is CCOc1ccc(N2C(=O)c3ccc(C(=O)OCc4cccc(C)c4)cc3C2=O)cc1. The monoisotopic (exact) mass is 415 g/mol. The maximum Gasteiger partial charge on any atom is 0.338 e. The molecule has 1 aliphatic heterocycles. The van der Waals surface area contributed by atoms with Gasteiger partial charge >= 0.3 is 5.97 Å². The molecule has 4 rings (SSSR count). The lowest BCUT2D eigenvalue weighted by Crippen LogP contribution is -2.29. The Hall–Kier alpha value is -3.93. The highest BCUT2D eigenvalue weighted by Crippen LogP contribution is 2.30. The molecule has 6 nitrogen and oxygen atoms in total. The molecule has 0 fully saturated rings. The third-order valence-electron chi connectivity index (χ3n) is 4.98. The van der Waals surface area contributed by atoms with Crippen molar-refractivity contribution in [1.29, 1.82) is 0 Å². The third-order valence-corrected chi connectivity index (χ3v) is 4.98. The lowest BCUT2D eigenvalue weighted by molar-refractivity contribution is 0.0472.